The van der Waals surface area contributed by atoms with Gasteiger partial charge >= 0.3 is 0 Å². The summed E-state index contributed by atoms with van der Waals surface area (Å²) in [5.41, 5.74) is 7.04. The molecule has 1 fully saturated rings. The highest BCUT2D eigenvalue weighted by Crippen LogP contribution is 2.40. The lowest BCUT2D eigenvalue weighted by Gasteiger charge is -2.10. The highest BCUT2D eigenvalue weighted by molar-refractivity contribution is 5.18. The first-order valence-corrected chi connectivity index (χ1v) is 5.17. The van der Waals surface area contributed by atoms with Gasteiger partial charge in [0.25, 0.3) is 0 Å². The molecule has 0 bridgehead atoms. The molecular formula is C12H16FN. The molecule has 76 valence electrons. The number of nitrogens with two attached hydrogens (primary N) is 1. The van der Waals surface area contributed by atoms with Gasteiger partial charge in [0.2, 0.25) is 0 Å². The third-order valence-electron chi connectivity index (χ3n) is 3.08. The number of benzene rings is 1. The molecule has 0 heterocycles. The van der Waals surface area contributed by atoms with Crippen LogP contribution in [0.15, 0.2) is 24.3 Å². The lowest BCUT2D eigenvalue weighted by molar-refractivity contribution is 0.556. The molecule has 0 radical (unpaired) electrons. The summed E-state index contributed by atoms with van der Waals surface area (Å²) in [6.45, 7) is 2.22. The predicted octanol–water partition coefficient (Wildman–Crippen LogP) is 2.35. The van der Waals surface area contributed by atoms with Crippen LogP contribution < -0.4 is 5.73 Å². The fourth-order valence-electron chi connectivity index (χ4n) is 2.03. The van der Waals surface area contributed by atoms with E-state index in [9.17, 15) is 4.39 Å². The monoisotopic (exact) mass is 193 g/mol. The van der Waals surface area contributed by atoms with Crippen molar-refractivity contribution in [1.29, 1.82) is 0 Å². The third kappa shape index (κ3) is 2.13. The van der Waals surface area contributed by atoms with Crippen LogP contribution in [0, 0.1) is 17.7 Å². The van der Waals surface area contributed by atoms with E-state index in [0.717, 1.165) is 17.9 Å². The van der Waals surface area contributed by atoms with Gasteiger partial charge in [-0.3, -0.25) is 0 Å². The Morgan fingerprint density at radius 3 is 2.86 bits per heavy atom. The molecule has 1 aliphatic carbocycles. The van der Waals surface area contributed by atoms with Gasteiger partial charge in [0.1, 0.15) is 5.82 Å². The van der Waals surface area contributed by atoms with Gasteiger partial charge in [-0.2, -0.15) is 0 Å². The second-order valence-corrected chi connectivity index (χ2v) is 4.37. The average Bonchev–Trinajstić information content (AvgIpc) is 2.82. The molecule has 0 aromatic heterocycles. The standard InChI is InChI=1S/C12H16FN/c1-8-5-11(8)12(14)7-9-3-2-4-10(13)6-9/h2-4,6,8,11-12H,5,7,14H2,1H3. The van der Waals surface area contributed by atoms with E-state index in [0.29, 0.717) is 5.92 Å². The summed E-state index contributed by atoms with van der Waals surface area (Å²) in [7, 11) is 0. The molecule has 1 saturated carbocycles. The first kappa shape index (κ1) is 9.66. The van der Waals surface area contributed by atoms with Gasteiger partial charge in [0, 0.05) is 6.04 Å². The number of hydrogen-bond donors (Lipinski definition) is 1. The Labute approximate surface area is 84.1 Å². The van der Waals surface area contributed by atoms with Crippen LogP contribution in [0.25, 0.3) is 0 Å². The van der Waals surface area contributed by atoms with Crippen molar-refractivity contribution in [3.8, 4) is 0 Å². The molecule has 0 amide bonds. The minimum atomic E-state index is -0.168. The summed E-state index contributed by atoms with van der Waals surface area (Å²) in [5, 5.41) is 0. The van der Waals surface area contributed by atoms with Crippen molar-refractivity contribution in [2.75, 3.05) is 0 Å². The molecule has 14 heavy (non-hydrogen) atoms. The molecule has 1 nitrogen and oxygen atoms in total. The zero-order valence-corrected chi connectivity index (χ0v) is 8.41. The molecule has 2 heteroatoms. The van der Waals surface area contributed by atoms with E-state index < -0.39 is 0 Å². The molecule has 0 aliphatic heterocycles. The summed E-state index contributed by atoms with van der Waals surface area (Å²) >= 11 is 0. The second-order valence-electron chi connectivity index (χ2n) is 4.37. The first-order valence-electron chi connectivity index (χ1n) is 5.17. The van der Waals surface area contributed by atoms with Gasteiger partial charge in [-0.1, -0.05) is 19.1 Å². The zero-order chi connectivity index (χ0) is 10.1. The van der Waals surface area contributed by atoms with Crippen molar-refractivity contribution in [2.24, 2.45) is 17.6 Å². The van der Waals surface area contributed by atoms with E-state index in [1.54, 1.807) is 12.1 Å². The van der Waals surface area contributed by atoms with Crippen molar-refractivity contribution < 1.29 is 4.39 Å². The van der Waals surface area contributed by atoms with Crippen molar-refractivity contribution >= 4 is 0 Å². The minimum Gasteiger partial charge on any atom is -0.327 e. The lowest BCUT2D eigenvalue weighted by atomic mass is 10.0. The van der Waals surface area contributed by atoms with E-state index in [2.05, 4.69) is 6.92 Å². The van der Waals surface area contributed by atoms with Crippen LogP contribution >= 0.6 is 0 Å². The summed E-state index contributed by atoms with van der Waals surface area (Å²) in [6.07, 6.45) is 2.03. The highest BCUT2D eigenvalue weighted by atomic mass is 19.1. The van der Waals surface area contributed by atoms with Crippen LogP contribution in [0.3, 0.4) is 0 Å². The highest BCUT2D eigenvalue weighted by Gasteiger charge is 2.37. The fraction of sp³-hybridized carbons (Fsp3) is 0.500. The fourth-order valence-corrected chi connectivity index (χ4v) is 2.03. The topological polar surface area (TPSA) is 26.0 Å². The molecule has 1 aromatic rings. The second kappa shape index (κ2) is 3.70. The molecule has 0 spiro atoms. The first-order chi connectivity index (χ1) is 6.66. The van der Waals surface area contributed by atoms with Gasteiger partial charge in [0.15, 0.2) is 0 Å². The predicted molar refractivity (Wildman–Crippen MR) is 55.4 cm³/mol. The summed E-state index contributed by atoms with van der Waals surface area (Å²) in [5.74, 6) is 1.25. The minimum absolute atomic E-state index is 0.168. The van der Waals surface area contributed by atoms with Crippen molar-refractivity contribution in [3.63, 3.8) is 0 Å². The van der Waals surface area contributed by atoms with E-state index in [4.69, 9.17) is 5.73 Å². The maximum atomic E-state index is 12.9. The Bertz CT molecular complexity index is 324. The molecule has 3 unspecified atom stereocenters. The molecular weight excluding hydrogens is 177 g/mol. The SMILES string of the molecule is CC1CC1C(N)Cc1cccc(F)c1. The van der Waals surface area contributed by atoms with Crippen LogP contribution in [-0.4, -0.2) is 6.04 Å². The van der Waals surface area contributed by atoms with Gasteiger partial charge in [-0.15, -0.1) is 0 Å². The van der Waals surface area contributed by atoms with Crippen LogP contribution in [0.5, 0.6) is 0 Å². The summed E-state index contributed by atoms with van der Waals surface area (Å²) in [6, 6.07) is 6.93. The Balaban J connectivity index is 1.96. The molecule has 2 rings (SSSR count). The van der Waals surface area contributed by atoms with Gasteiger partial charge in [0.05, 0.1) is 0 Å². The summed E-state index contributed by atoms with van der Waals surface area (Å²) < 4.78 is 12.9. The van der Waals surface area contributed by atoms with Crippen LogP contribution in [-0.2, 0) is 6.42 Å². The maximum Gasteiger partial charge on any atom is 0.123 e. The Hall–Kier alpha value is -0.890. The lowest BCUT2D eigenvalue weighted by Crippen LogP contribution is -2.25. The normalized spacial score (nSPS) is 27.4. The van der Waals surface area contributed by atoms with Crippen molar-refractivity contribution in [1.82, 2.24) is 0 Å². The van der Waals surface area contributed by atoms with E-state index in [1.807, 2.05) is 6.07 Å². The summed E-state index contributed by atoms with van der Waals surface area (Å²) in [4.78, 5) is 0. The number of rotatable bonds is 3. The van der Waals surface area contributed by atoms with Crippen molar-refractivity contribution in [2.45, 2.75) is 25.8 Å². The zero-order valence-electron chi connectivity index (χ0n) is 8.41. The average molecular weight is 193 g/mol. The number of halogens is 1. The third-order valence-corrected chi connectivity index (χ3v) is 3.08. The van der Waals surface area contributed by atoms with Crippen LogP contribution in [0.2, 0.25) is 0 Å². The Kier molecular flexibility index (Phi) is 2.55. The largest absolute Gasteiger partial charge is 0.327 e. The Morgan fingerprint density at radius 1 is 1.57 bits per heavy atom. The molecule has 2 N–H and O–H groups in total. The van der Waals surface area contributed by atoms with E-state index >= 15 is 0 Å². The van der Waals surface area contributed by atoms with Crippen LogP contribution in [0.1, 0.15) is 18.9 Å². The van der Waals surface area contributed by atoms with E-state index in [1.165, 1.54) is 12.5 Å². The quantitative estimate of drug-likeness (QED) is 0.783. The van der Waals surface area contributed by atoms with Crippen molar-refractivity contribution in [3.05, 3.63) is 35.6 Å². The smallest absolute Gasteiger partial charge is 0.123 e. The molecule has 1 aliphatic rings. The molecule has 3 atom stereocenters. The Morgan fingerprint density at radius 2 is 2.29 bits per heavy atom. The van der Waals surface area contributed by atoms with Gasteiger partial charge < -0.3 is 5.73 Å². The molecule has 1 aromatic carbocycles. The maximum absolute atomic E-state index is 12.9. The van der Waals surface area contributed by atoms with Gasteiger partial charge in [-0.25, -0.2) is 4.39 Å². The van der Waals surface area contributed by atoms with E-state index in [-0.39, 0.29) is 11.9 Å². The number of hydrogen-bond acceptors (Lipinski definition) is 1. The molecule has 0 saturated heterocycles. The van der Waals surface area contributed by atoms with Crippen LogP contribution in [0.4, 0.5) is 4.39 Å². The van der Waals surface area contributed by atoms with Gasteiger partial charge in [-0.05, 0) is 42.4 Å².